The third-order valence-corrected chi connectivity index (χ3v) is 3.07. The summed E-state index contributed by atoms with van der Waals surface area (Å²) in [4.78, 5) is 4.46. The van der Waals surface area contributed by atoms with E-state index in [0.29, 0.717) is 5.92 Å². The molecule has 0 aliphatic carbocycles. The second-order valence-corrected chi connectivity index (χ2v) is 4.56. The number of methoxy groups -OCH3 is 1. The minimum absolute atomic E-state index is 0.261. The molecule has 4 heteroatoms. The number of pyridine rings is 1. The van der Waals surface area contributed by atoms with Crippen LogP contribution in [0, 0.1) is 12.8 Å². The Labute approximate surface area is 109 Å². The van der Waals surface area contributed by atoms with Crippen molar-refractivity contribution in [3.8, 4) is 5.75 Å². The summed E-state index contributed by atoms with van der Waals surface area (Å²) in [6.07, 6.45) is 1.94. The van der Waals surface area contributed by atoms with Gasteiger partial charge in [-0.25, -0.2) is 0 Å². The zero-order chi connectivity index (χ0) is 13.4. The summed E-state index contributed by atoms with van der Waals surface area (Å²) in [6.45, 7) is 6.02. The summed E-state index contributed by atoms with van der Waals surface area (Å²) in [5.74, 6) is 1.38. The highest BCUT2D eigenvalue weighted by atomic mass is 16.5. The molecule has 0 aliphatic heterocycles. The largest absolute Gasteiger partial charge is 0.497 e. The van der Waals surface area contributed by atoms with E-state index in [1.54, 1.807) is 7.11 Å². The van der Waals surface area contributed by atoms with Crippen LogP contribution < -0.4 is 10.1 Å². The van der Waals surface area contributed by atoms with Crippen LogP contribution in [0.1, 0.15) is 31.2 Å². The fourth-order valence-corrected chi connectivity index (χ4v) is 1.95. The third kappa shape index (κ3) is 5.02. The fourth-order valence-electron chi connectivity index (χ4n) is 1.95. The molecule has 1 aromatic rings. The standard InChI is InChI=1S/C14H24N2O2/c1-4-12(5-6-17)9-15-10-13-8-14(18-3)7-11(2)16-13/h7-8,12,15,17H,4-6,9-10H2,1-3H3. The molecule has 0 bridgehead atoms. The zero-order valence-electron chi connectivity index (χ0n) is 11.6. The Balaban J connectivity index is 2.45. The molecule has 0 aromatic carbocycles. The van der Waals surface area contributed by atoms with Gasteiger partial charge in [-0.2, -0.15) is 0 Å². The molecule has 0 amide bonds. The Hall–Kier alpha value is -1.13. The lowest BCUT2D eigenvalue weighted by Gasteiger charge is -2.14. The Morgan fingerprint density at radius 2 is 2.22 bits per heavy atom. The number of nitrogens with zero attached hydrogens (tertiary/aromatic N) is 1. The first kappa shape index (κ1) is 14.9. The summed E-state index contributed by atoms with van der Waals surface area (Å²) in [5.41, 5.74) is 1.96. The van der Waals surface area contributed by atoms with E-state index in [-0.39, 0.29) is 6.61 Å². The Morgan fingerprint density at radius 3 is 2.83 bits per heavy atom. The van der Waals surface area contributed by atoms with Gasteiger partial charge in [0, 0.05) is 31.0 Å². The van der Waals surface area contributed by atoms with Crippen LogP contribution in [0.15, 0.2) is 12.1 Å². The average Bonchev–Trinajstić information content (AvgIpc) is 2.37. The van der Waals surface area contributed by atoms with Crippen LogP contribution in [0.2, 0.25) is 0 Å². The van der Waals surface area contributed by atoms with E-state index in [2.05, 4.69) is 17.2 Å². The fraction of sp³-hybridized carbons (Fsp3) is 0.643. The first-order valence-corrected chi connectivity index (χ1v) is 6.52. The summed E-state index contributed by atoms with van der Waals surface area (Å²) < 4.78 is 5.22. The molecule has 102 valence electrons. The normalized spacial score (nSPS) is 12.4. The molecule has 0 saturated heterocycles. The molecule has 1 aromatic heterocycles. The van der Waals surface area contributed by atoms with Gasteiger partial charge in [0.2, 0.25) is 0 Å². The average molecular weight is 252 g/mol. The SMILES string of the molecule is CCC(CCO)CNCc1cc(OC)cc(C)n1. The minimum atomic E-state index is 0.261. The summed E-state index contributed by atoms with van der Waals surface area (Å²) in [5, 5.41) is 12.3. The van der Waals surface area contributed by atoms with E-state index in [0.717, 1.165) is 43.1 Å². The number of ether oxygens (including phenoxy) is 1. The molecule has 0 spiro atoms. The highest BCUT2D eigenvalue weighted by Gasteiger charge is 2.06. The lowest BCUT2D eigenvalue weighted by atomic mass is 10.0. The van der Waals surface area contributed by atoms with Crippen LogP contribution in [-0.2, 0) is 6.54 Å². The highest BCUT2D eigenvalue weighted by Crippen LogP contribution is 2.13. The predicted octanol–water partition coefficient (Wildman–Crippen LogP) is 1.90. The maximum Gasteiger partial charge on any atom is 0.122 e. The van der Waals surface area contributed by atoms with Crippen LogP contribution in [0.5, 0.6) is 5.75 Å². The first-order valence-electron chi connectivity index (χ1n) is 6.52. The molecule has 0 aliphatic rings. The van der Waals surface area contributed by atoms with E-state index >= 15 is 0 Å². The number of hydrogen-bond donors (Lipinski definition) is 2. The maximum atomic E-state index is 8.93. The Kier molecular flexibility index (Phi) is 6.68. The monoisotopic (exact) mass is 252 g/mol. The summed E-state index contributed by atoms with van der Waals surface area (Å²) in [6, 6.07) is 3.87. The molecule has 4 nitrogen and oxygen atoms in total. The van der Waals surface area contributed by atoms with E-state index in [9.17, 15) is 0 Å². The quantitative estimate of drug-likeness (QED) is 0.742. The summed E-state index contributed by atoms with van der Waals surface area (Å²) >= 11 is 0. The van der Waals surface area contributed by atoms with Crippen LogP contribution in [-0.4, -0.2) is 30.4 Å². The van der Waals surface area contributed by atoms with Gasteiger partial charge < -0.3 is 15.2 Å². The lowest BCUT2D eigenvalue weighted by Crippen LogP contribution is -2.23. The van der Waals surface area contributed by atoms with Gasteiger partial charge >= 0.3 is 0 Å². The van der Waals surface area contributed by atoms with Gasteiger partial charge in [-0.3, -0.25) is 4.98 Å². The molecule has 1 rings (SSSR count). The van der Waals surface area contributed by atoms with E-state index < -0.39 is 0 Å². The van der Waals surface area contributed by atoms with E-state index in [1.165, 1.54) is 0 Å². The number of aliphatic hydroxyl groups is 1. The van der Waals surface area contributed by atoms with Crippen LogP contribution in [0.3, 0.4) is 0 Å². The number of nitrogens with one attached hydrogen (secondary N) is 1. The molecule has 0 saturated carbocycles. The second-order valence-electron chi connectivity index (χ2n) is 4.56. The van der Waals surface area contributed by atoms with Gasteiger partial charge in [-0.1, -0.05) is 13.3 Å². The van der Waals surface area contributed by atoms with Crippen molar-refractivity contribution in [2.75, 3.05) is 20.3 Å². The molecule has 1 atom stereocenters. The third-order valence-electron chi connectivity index (χ3n) is 3.07. The smallest absolute Gasteiger partial charge is 0.122 e. The van der Waals surface area contributed by atoms with Crippen molar-refractivity contribution in [2.24, 2.45) is 5.92 Å². The van der Waals surface area contributed by atoms with Crippen molar-refractivity contribution < 1.29 is 9.84 Å². The molecular formula is C14H24N2O2. The molecule has 2 N–H and O–H groups in total. The van der Waals surface area contributed by atoms with Crippen molar-refractivity contribution in [3.63, 3.8) is 0 Å². The van der Waals surface area contributed by atoms with Crippen molar-refractivity contribution in [1.82, 2.24) is 10.3 Å². The highest BCUT2D eigenvalue weighted by molar-refractivity contribution is 5.26. The Morgan fingerprint density at radius 1 is 1.44 bits per heavy atom. The first-order chi connectivity index (χ1) is 8.69. The topological polar surface area (TPSA) is 54.4 Å². The van der Waals surface area contributed by atoms with Gasteiger partial charge in [0.25, 0.3) is 0 Å². The molecule has 0 fully saturated rings. The number of aryl methyl sites for hydroxylation is 1. The maximum absolute atomic E-state index is 8.93. The second kappa shape index (κ2) is 8.06. The number of aliphatic hydroxyl groups excluding tert-OH is 1. The van der Waals surface area contributed by atoms with Gasteiger partial charge in [0.1, 0.15) is 5.75 Å². The number of aromatic nitrogens is 1. The van der Waals surface area contributed by atoms with Gasteiger partial charge in [0.05, 0.1) is 12.8 Å². The van der Waals surface area contributed by atoms with Gasteiger partial charge in [-0.15, -0.1) is 0 Å². The van der Waals surface area contributed by atoms with Crippen molar-refractivity contribution in [1.29, 1.82) is 0 Å². The van der Waals surface area contributed by atoms with Gasteiger partial charge in [0.15, 0.2) is 0 Å². The molecule has 0 radical (unpaired) electrons. The van der Waals surface area contributed by atoms with Crippen molar-refractivity contribution in [2.45, 2.75) is 33.2 Å². The molecular weight excluding hydrogens is 228 g/mol. The Bertz CT molecular complexity index is 356. The van der Waals surface area contributed by atoms with Crippen molar-refractivity contribution >= 4 is 0 Å². The predicted molar refractivity (Wildman–Crippen MR) is 72.7 cm³/mol. The zero-order valence-corrected chi connectivity index (χ0v) is 11.6. The van der Waals surface area contributed by atoms with Crippen LogP contribution in [0.4, 0.5) is 0 Å². The molecule has 18 heavy (non-hydrogen) atoms. The van der Waals surface area contributed by atoms with Gasteiger partial charge in [-0.05, 0) is 25.8 Å². The number of hydrogen-bond acceptors (Lipinski definition) is 4. The van der Waals surface area contributed by atoms with Crippen LogP contribution >= 0.6 is 0 Å². The van der Waals surface area contributed by atoms with E-state index in [1.807, 2.05) is 19.1 Å². The van der Waals surface area contributed by atoms with Crippen LogP contribution in [0.25, 0.3) is 0 Å². The minimum Gasteiger partial charge on any atom is -0.497 e. The number of rotatable bonds is 8. The van der Waals surface area contributed by atoms with Crippen molar-refractivity contribution in [3.05, 3.63) is 23.5 Å². The lowest BCUT2D eigenvalue weighted by molar-refractivity contribution is 0.251. The summed E-state index contributed by atoms with van der Waals surface area (Å²) in [7, 11) is 1.67. The molecule has 1 heterocycles. The van der Waals surface area contributed by atoms with E-state index in [4.69, 9.17) is 9.84 Å². The molecule has 1 unspecified atom stereocenters.